The number of fused-ring (bicyclic) bond motifs is 1. The summed E-state index contributed by atoms with van der Waals surface area (Å²) >= 11 is 0. The fourth-order valence-corrected chi connectivity index (χ4v) is 5.55. The highest BCUT2D eigenvalue weighted by atomic mass is 16.1. The zero-order valence-electron chi connectivity index (χ0n) is 19.5. The van der Waals surface area contributed by atoms with Crippen LogP contribution < -0.4 is 20.7 Å². The van der Waals surface area contributed by atoms with Gasteiger partial charge in [0.15, 0.2) is 0 Å². The molecule has 3 aliphatic rings. The number of aromatic amines is 1. The van der Waals surface area contributed by atoms with E-state index in [1.54, 1.807) is 19.3 Å². The van der Waals surface area contributed by atoms with Crippen LogP contribution in [0, 0.1) is 0 Å². The SMILES string of the molecule is CNC(=O)c1ccc(N2CCN([C@H]3CC[C@@H](c4nc5c(c(=O)[nH]4)CCCN5C)C3)CC2)cn1. The summed E-state index contributed by atoms with van der Waals surface area (Å²) in [6.07, 6.45) is 6.89. The molecule has 9 heteroatoms. The minimum absolute atomic E-state index is 0.0506. The van der Waals surface area contributed by atoms with Crippen molar-refractivity contribution in [2.75, 3.05) is 56.6 Å². The molecule has 2 atom stereocenters. The molecule has 9 nitrogen and oxygen atoms in total. The van der Waals surface area contributed by atoms with Crippen LogP contribution in [-0.4, -0.2) is 78.6 Å². The lowest BCUT2D eigenvalue weighted by molar-refractivity contribution is 0.0958. The maximum absolute atomic E-state index is 12.7. The molecule has 2 aromatic rings. The fraction of sp³-hybridized carbons (Fsp3) is 0.583. The lowest BCUT2D eigenvalue weighted by Gasteiger charge is -2.39. The summed E-state index contributed by atoms with van der Waals surface area (Å²) in [5.41, 5.74) is 2.40. The Labute approximate surface area is 194 Å². The first-order chi connectivity index (χ1) is 16.0. The van der Waals surface area contributed by atoms with Crippen LogP contribution >= 0.6 is 0 Å². The predicted octanol–water partition coefficient (Wildman–Crippen LogP) is 1.37. The topological polar surface area (TPSA) is 97.5 Å². The zero-order valence-corrected chi connectivity index (χ0v) is 19.5. The van der Waals surface area contributed by atoms with Crippen molar-refractivity contribution < 1.29 is 4.79 Å². The molecule has 1 amide bonds. The molecule has 2 aromatic heterocycles. The molecular formula is C24H33N7O2. The first-order valence-corrected chi connectivity index (χ1v) is 12.0. The van der Waals surface area contributed by atoms with Crippen molar-refractivity contribution in [1.29, 1.82) is 0 Å². The molecule has 2 fully saturated rings. The summed E-state index contributed by atoms with van der Waals surface area (Å²) in [7, 11) is 3.65. The van der Waals surface area contributed by atoms with Crippen LogP contribution in [-0.2, 0) is 6.42 Å². The molecule has 1 aliphatic carbocycles. The van der Waals surface area contributed by atoms with E-state index in [1.807, 2.05) is 13.1 Å². The molecule has 1 saturated carbocycles. The van der Waals surface area contributed by atoms with E-state index in [9.17, 15) is 9.59 Å². The number of carbonyl (C=O) groups excluding carboxylic acids is 1. The lowest BCUT2D eigenvalue weighted by Crippen LogP contribution is -2.49. The predicted molar refractivity (Wildman–Crippen MR) is 128 cm³/mol. The summed E-state index contributed by atoms with van der Waals surface area (Å²) in [5, 5.41) is 2.60. The third-order valence-electron chi connectivity index (χ3n) is 7.49. The van der Waals surface area contributed by atoms with Crippen molar-refractivity contribution in [1.82, 2.24) is 25.2 Å². The summed E-state index contributed by atoms with van der Waals surface area (Å²) < 4.78 is 0. The third kappa shape index (κ3) is 4.34. The van der Waals surface area contributed by atoms with Crippen molar-refractivity contribution in [3.05, 3.63) is 45.8 Å². The van der Waals surface area contributed by atoms with Gasteiger partial charge in [0.25, 0.3) is 11.5 Å². The molecule has 0 spiro atoms. The number of nitrogens with zero attached hydrogens (tertiary/aromatic N) is 5. The van der Waals surface area contributed by atoms with E-state index >= 15 is 0 Å². The van der Waals surface area contributed by atoms with Crippen LogP contribution in [0.15, 0.2) is 23.1 Å². The van der Waals surface area contributed by atoms with E-state index in [0.717, 1.165) is 87.7 Å². The van der Waals surface area contributed by atoms with Gasteiger partial charge in [0.1, 0.15) is 17.3 Å². The van der Waals surface area contributed by atoms with Crippen LogP contribution in [0.5, 0.6) is 0 Å². The molecule has 33 heavy (non-hydrogen) atoms. The quantitative estimate of drug-likeness (QED) is 0.725. The van der Waals surface area contributed by atoms with Crippen LogP contribution in [0.4, 0.5) is 11.5 Å². The highest BCUT2D eigenvalue weighted by Gasteiger charge is 2.34. The normalized spacial score (nSPS) is 23.5. The number of hydrogen-bond acceptors (Lipinski definition) is 7. The number of carbonyl (C=O) groups is 1. The molecular weight excluding hydrogens is 418 g/mol. The first kappa shape index (κ1) is 21.9. The molecule has 1 saturated heterocycles. The highest BCUT2D eigenvalue weighted by Crippen LogP contribution is 2.36. The van der Waals surface area contributed by atoms with Gasteiger partial charge < -0.3 is 20.1 Å². The van der Waals surface area contributed by atoms with E-state index in [2.05, 4.69) is 30.0 Å². The van der Waals surface area contributed by atoms with Crippen LogP contribution in [0.2, 0.25) is 0 Å². The zero-order chi connectivity index (χ0) is 22.9. The van der Waals surface area contributed by atoms with E-state index < -0.39 is 0 Å². The van der Waals surface area contributed by atoms with Crippen molar-refractivity contribution in [2.45, 2.75) is 44.1 Å². The largest absolute Gasteiger partial charge is 0.368 e. The smallest absolute Gasteiger partial charge is 0.269 e. The number of H-pyrrole nitrogens is 1. The van der Waals surface area contributed by atoms with Gasteiger partial charge in [0, 0.05) is 58.8 Å². The molecule has 2 aliphatic heterocycles. The van der Waals surface area contributed by atoms with Gasteiger partial charge in [-0.2, -0.15) is 0 Å². The van der Waals surface area contributed by atoms with Gasteiger partial charge in [0.2, 0.25) is 0 Å². The number of hydrogen-bond donors (Lipinski definition) is 2. The molecule has 5 rings (SSSR count). The van der Waals surface area contributed by atoms with Crippen LogP contribution in [0.1, 0.15) is 53.5 Å². The lowest BCUT2D eigenvalue weighted by atomic mass is 10.0. The van der Waals surface area contributed by atoms with Crippen LogP contribution in [0.25, 0.3) is 0 Å². The average molecular weight is 452 g/mol. The van der Waals surface area contributed by atoms with Crippen LogP contribution in [0.3, 0.4) is 0 Å². The van der Waals surface area contributed by atoms with Crippen molar-refractivity contribution in [2.24, 2.45) is 0 Å². The number of aromatic nitrogens is 3. The average Bonchev–Trinajstić information content (AvgIpc) is 3.35. The summed E-state index contributed by atoms with van der Waals surface area (Å²) in [6, 6.07) is 4.30. The van der Waals surface area contributed by atoms with Gasteiger partial charge in [0.05, 0.1) is 17.4 Å². The Morgan fingerprint density at radius 1 is 1.15 bits per heavy atom. The number of nitrogens with one attached hydrogen (secondary N) is 2. The standard InChI is InChI=1S/C24H33N7O2/c1-25-24(33)20-8-7-18(15-26-20)31-12-10-30(11-13-31)17-6-5-16(14-17)21-27-22-19(23(32)28-21)4-3-9-29(22)2/h7-8,15-17H,3-6,9-14H2,1-2H3,(H,25,33)(H,27,28,32)/t16-,17+/m1/s1. The van der Waals surface area contributed by atoms with Gasteiger partial charge in [-0.05, 0) is 44.2 Å². The Balaban J connectivity index is 1.19. The molecule has 0 radical (unpaired) electrons. The monoisotopic (exact) mass is 451 g/mol. The van der Waals surface area contributed by atoms with Crippen molar-refractivity contribution in [3.63, 3.8) is 0 Å². The van der Waals surface area contributed by atoms with E-state index in [4.69, 9.17) is 4.98 Å². The Bertz CT molecular complexity index is 1060. The number of pyridine rings is 1. The third-order valence-corrected chi connectivity index (χ3v) is 7.49. The highest BCUT2D eigenvalue weighted by molar-refractivity contribution is 5.92. The van der Waals surface area contributed by atoms with Gasteiger partial charge in [-0.3, -0.25) is 14.5 Å². The maximum atomic E-state index is 12.7. The second-order valence-electron chi connectivity index (χ2n) is 9.45. The van der Waals surface area contributed by atoms with E-state index in [-0.39, 0.29) is 11.5 Å². The summed E-state index contributed by atoms with van der Waals surface area (Å²) in [6.45, 7) is 4.86. The summed E-state index contributed by atoms with van der Waals surface area (Å²) in [4.78, 5) is 43.7. The molecule has 0 aromatic carbocycles. The first-order valence-electron chi connectivity index (χ1n) is 12.0. The second-order valence-corrected chi connectivity index (χ2v) is 9.45. The minimum Gasteiger partial charge on any atom is -0.368 e. The summed E-state index contributed by atoms with van der Waals surface area (Å²) in [5.74, 6) is 1.91. The van der Waals surface area contributed by atoms with Gasteiger partial charge >= 0.3 is 0 Å². The van der Waals surface area contributed by atoms with Crippen molar-refractivity contribution in [3.8, 4) is 0 Å². The fourth-order valence-electron chi connectivity index (χ4n) is 5.55. The molecule has 0 unspecified atom stereocenters. The molecule has 2 N–H and O–H groups in total. The second kappa shape index (κ2) is 9.13. The number of rotatable bonds is 4. The Kier molecular flexibility index (Phi) is 6.05. The number of anilines is 2. The number of piperazine rings is 1. The van der Waals surface area contributed by atoms with E-state index in [1.165, 1.54) is 0 Å². The van der Waals surface area contributed by atoms with E-state index in [0.29, 0.717) is 17.7 Å². The Hall–Kier alpha value is -2.94. The maximum Gasteiger partial charge on any atom is 0.269 e. The van der Waals surface area contributed by atoms with Gasteiger partial charge in [-0.1, -0.05) is 0 Å². The Morgan fingerprint density at radius 3 is 2.70 bits per heavy atom. The van der Waals surface area contributed by atoms with Crippen molar-refractivity contribution >= 4 is 17.4 Å². The van der Waals surface area contributed by atoms with Gasteiger partial charge in [-0.25, -0.2) is 9.97 Å². The molecule has 4 heterocycles. The Morgan fingerprint density at radius 2 is 1.97 bits per heavy atom. The molecule has 0 bridgehead atoms. The minimum atomic E-state index is -0.163. The number of amides is 1. The molecule has 176 valence electrons. The van der Waals surface area contributed by atoms with Gasteiger partial charge in [-0.15, -0.1) is 0 Å².